The molecule has 2 aliphatic rings. The predicted octanol–water partition coefficient (Wildman–Crippen LogP) is 8.03. The molecule has 0 aliphatic carbocycles. The molecule has 233 valence electrons. The van der Waals surface area contributed by atoms with Crippen molar-refractivity contribution < 1.29 is 24.5 Å². The van der Waals surface area contributed by atoms with Gasteiger partial charge in [0.05, 0.1) is 11.8 Å². The maximum absolute atomic E-state index is 5.90. The van der Waals surface area contributed by atoms with E-state index in [0.717, 1.165) is 70.5 Å². The summed E-state index contributed by atoms with van der Waals surface area (Å²) in [5.74, 6) is 0. The summed E-state index contributed by atoms with van der Waals surface area (Å²) in [5, 5.41) is 2.13. The molecule has 46 heavy (non-hydrogen) atoms. The Morgan fingerprint density at radius 3 is 1.93 bits per heavy atom. The summed E-state index contributed by atoms with van der Waals surface area (Å²) >= 11 is 0. The fourth-order valence-electron chi connectivity index (χ4n) is 5.31. The Labute approximate surface area is 283 Å². The van der Waals surface area contributed by atoms with Crippen molar-refractivity contribution >= 4 is 33.3 Å². The van der Waals surface area contributed by atoms with Crippen LogP contribution in [0, 0.1) is 31.5 Å². The van der Waals surface area contributed by atoms with Crippen LogP contribution in [0.4, 0.5) is 11.4 Å². The maximum atomic E-state index is 5.90. The molecule has 0 saturated carbocycles. The van der Waals surface area contributed by atoms with Crippen molar-refractivity contribution in [3.05, 3.63) is 160 Å². The van der Waals surface area contributed by atoms with Crippen molar-refractivity contribution in [2.45, 2.75) is 12.8 Å². The normalized spacial score (nSPS) is 13.7. The van der Waals surface area contributed by atoms with E-state index in [4.69, 9.17) is 4.42 Å². The molecule has 2 aliphatic heterocycles. The molecule has 0 saturated heterocycles. The zero-order chi connectivity index (χ0) is 30.3. The van der Waals surface area contributed by atoms with Crippen molar-refractivity contribution in [3.63, 3.8) is 0 Å². The zero-order valence-electron chi connectivity index (χ0n) is 25.0. The molecule has 0 atom stereocenters. The number of anilines is 2. The summed E-state index contributed by atoms with van der Waals surface area (Å²) in [6, 6.07) is 37.4. The minimum Gasteiger partial charge on any atom is -0.508 e. The Balaban J connectivity index is 0.000000165. The van der Waals surface area contributed by atoms with Gasteiger partial charge in [-0.3, -0.25) is 4.98 Å². The summed E-state index contributed by atoms with van der Waals surface area (Å²) in [6.45, 7) is 6.29. The Morgan fingerprint density at radius 1 is 0.652 bits per heavy atom. The molecule has 0 unspecified atom stereocenters. The van der Waals surface area contributed by atoms with Crippen molar-refractivity contribution in [3.8, 4) is 11.3 Å². The van der Waals surface area contributed by atoms with Gasteiger partial charge < -0.3 is 29.0 Å². The van der Waals surface area contributed by atoms with Crippen LogP contribution in [0.1, 0.15) is 12.8 Å². The fourth-order valence-corrected chi connectivity index (χ4v) is 5.31. The van der Waals surface area contributed by atoms with Gasteiger partial charge in [-0.1, -0.05) is 23.1 Å². The molecule has 3 aromatic carbocycles. The quantitative estimate of drug-likeness (QED) is 0.115. The van der Waals surface area contributed by atoms with Gasteiger partial charge in [0, 0.05) is 37.9 Å². The number of nitrogens with zero attached hydrogens (tertiary/aromatic N) is 6. The van der Waals surface area contributed by atoms with E-state index >= 15 is 0 Å². The number of pyridine rings is 2. The average molecular weight is 780 g/mol. The molecule has 0 N–H and O–H groups in total. The van der Waals surface area contributed by atoms with Crippen LogP contribution in [0.3, 0.4) is 0 Å². The Bertz CT molecular complexity index is 1830. The van der Waals surface area contributed by atoms with Crippen molar-refractivity contribution in [2.24, 2.45) is 0 Å². The summed E-state index contributed by atoms with van der Waals surface area (Å²) in [5.41, 5.74) is 5.48. The molecule has 8 rings (SSSR count). The van der Waals surface area contributed by atoms with E-state index < -0.39 is 0 Å². The van der Waals surface area contributed by atoms with Gasteiger partial charge in [0.15, 0.2) is 0 Å². The number of fused-ring (bicyclic) bond motifs is 3. The first-order valence-corrected chi connectivity index (χ1v) is 15.0. The number of benzene rings is 3. The van der Waals surface area contributed by atoms with Crippen LogP contribution in [0.2, 0.25) is 0 Å². The third-order valence-corrected chi connectivity index (χ3v) is 7.56. The van der Waals surface area contributed by atoms with Crippen LogP contribution in [-0.2, 0) is 20.1 Å². The number of hydrogen-bond acceptors (Lipinski definition) is 7. The van der Waals surface area contributed by atoms with E-state index in [1.165, 1.54) is 0 Å². The standard InChI is InChI=1S/C22H22N4.C16H9N2O.Ir/c1-3-9-21(10-4-1)25-17-15-23(19-25)13-7-8-14-24-16-18-26(20-24)22-11-5-2-6-12-22;1-2-8-18-14(6-1)13-5-3-4-12-11-7-9-17-10-15(11)19-16(12)13;/h1-6,9,11,15-20H,7-8,13-14H2;1-4,6-10H;/q-4;-1;. The second-order valence-corrected chi connectivity index (χ2v) is 10.6. The van der Waals surface area contributed by atoms with Crippen LogP contribution in [0.25, 0.3) is 33.2 Å². The molecule has 0 spiro atoms. The van der Waals surface area contributed by atoms with Crippen LogP contribution in [-0.4, -0.2) is 32.9 Å². The Morgan fingerprint density at radius 2 is 1.33 bits per heavy atom. The molecular weight excluding hydrogens is 749 g/mol. The first-order valence-electron chi connectivity index (χ1n) is 15.0. The molecule has 0 fully saturated rings. The number of rotatable bonds is 8. The van der Waals surface area contributed by atoms with E-state index in [-0.39, 0.29) is 20.1 Å². The van der Waals surface area contributed by atoms with Crippen LogP contribution in [0.15, 0.2) is 133 Å². The van der Waals surface area contributed by atoms with E-state index in [1.807, 2.05) is 72.8 Å². The van der Waals surface area contributed by atoms with Gasteiger partial charge in [-0.2, -0.15) is 74.0 Å². The second-order valence-electron chi connectivity index (χ2n) is 10.6. The summed E-state index contributed by atoms with van der Waals surface area (Å²) in [4.78, 5) is 17.1. The van der Waals surface area contributed by atoms with Gasteiger partial charge in [-0.15, -0.1) is 29.6 Å². The molecule has 0 amide bonds. The van der Waals surface area contributed by atoms with E-state index in [1.54, 1.807) is 18.6 Å². The minimum atomic E-state index is 0. The van der Waals surface area contributed by atoms with Crippen molar-refractivity contribution in [2.75, 3.05) is 22.9 Å². The monoisotopic (exact) mass is 780 g/mol. The minimum absolute atomic E-state index is 0. The Kier molecular flexibility index (Phi) is 10.1. The molecule has 3 aromatic heterocycles. The van der Waals surface area contributed by atoms with E-state index in [2.05, 4.69) is 98.0 Å². The van der Waals surface area contributed by atoms with Crippen LogP contribution >= 0.6 is 0 Å². The maximum Gasteiger partial charge on any atom is 0.139 e. The number of furan rings is 1. The number of para-hydroxylation sites is 2. The molecule has 0 bridgehead atoms. The largest absolute Gasteiger partial charge is 0.508 e. The number of unbranched alkanes of at least 4 members (excludes halogenated alkanes) is 1. The average Bonchev–Trinajstić information content (AvgIpc) is 3.87. The van der Waals surface area contributed by atoms with Gasteiger partial charge in [-0.05, 0) is 68.6 Å². The predicted molar refractivity (Wildman–Crippen MR) is 179 cm³/mol. The molecular formula is C38H31IrN6O-5. The van der Waals surface area contributed by atoms with Gasteiger partial charge in [0.25, 0.3) is 0 Å². The Hall–Kier alpha value is -4.91. The van der Waals surface area contributed by atoms with Gasteiger partial charge in [-0.25, -0.2) is 0 Å². The summed E-state index contributed by atoms with van der Waals surface area (Å²) in [7, 11) is 0. The molecule has 1 radical (unpaired) electrons. The molecule has 5 heterocycles. The smallest absolute Gasteiger partial charge is 0.139 e. The SMILES string of the molecule is [Ir].[c-]1ccc2c(oc3cnccc32)c1-c1ccccn1.[c-]1ccccc1N1C=CN(CCCCN2C=CN(c3[c-]cccc3)[CH-]2)[CH-]1. The van der Waals surface area contributed by atoms with Crippen molar-refractivity contribution in [1.82, 2.24) is 19.8 Å². The fraction of sp³-hybridized carbons (Fsp3) is 0.105. The van der Waals surface area contributed by atoms with E-state index in [9.17, 15) is 0 Å². The van der Waals surface area contributed by atoms with Gasteiger partial charge in [0.1, 0.15) is 5.58 Å². The van der Waals surface area contributed by atoms with Crippen LogP contribution < -0.4 is 9.80 Å². The molecule has 6 aromatic rings. The van der Waals surface area contributed by atoms with Gasteiger partial charge in [0.2, 0.25) is 0 Å². The second kappa shape index (κ2) is 14.9. The summed E-state index contributed by atoms with van der Waals surface area (Å²) < 4.78 is 5.90. The van der Waals surface area contributed by atoms with Gasteiger partial charge >= 0.3 is 0 Å². The number of aromatic nitrogens is 2. The first kappa shape index (κ1) is 31.1. The third kappa shape index (κ3) is 7.15. The first-order chi connectivity index (χ1) is 22.3. The molecule has 7 nitrogen and oxygen atoms in total. The third-order valence-electron chi connectivity index (χ3n) is 7.56. The number of hydrogen-bond donors (Lipinski definition) is 0. The van der Waals surface area contributed by atoms with E-state index in [0.29, 0.717) is 0 Å². The zero-order valence-corrected chi connectivity index (χ0v) is 27.4. The molecule has 8 heteroatoms. The topological polar surface area (TPSA) is 51.9 Å². The summed E-state index contributed by atoms with van der Waals surface area (Å²) in [6.07, 6.45) is 16.0. The van der Waals surface area contributed by atoms with Crippen LogP contribution in [0.5, 0.6) is 0 Å². The van der Waals surface area contributed by atoms with Crippen molar-refractivity contribution in [1.29, 1.82) is 0 Å².